The van der Waals surface area contributed by atoms with Crippen molar-refractivity contribution < 1.29 is 19.2 Å². The van der Waals surface area contributed by atoms with Gasteiger partial charge >= 0.3 is 17.8 Å². The minimum Gasteiger partial charge on any atom is -0.354 e. The van der Waals surface area contributed by atoms with Crippen LogP contribution in [0.2, 0.25) is 0 Å². The summed E-state index contributed by atoms with van der Waals surface area (Å²) in [7, 11) is 0. The molecule has 7 nitrogen and oxygen atoms in total. The van der Waals surface area contributed by atoms with E-state index in [9.17, 15) is 19.2 Å². The lowest BCUT2D eigenvalue weighted by atomic mass is 9.52. The van der Waals surface area contributed by atoms with E-state index < -0.39 is 23.4 Å². The molecule has 1 N–H and O–H groups in total. The van der Waals surface area contributed by atoms with Crippen LogP contribution >= 0.6 is 0 Å². The Bertz CT molecular complexity index is 699. The predicted octanol–water partition coefficient (Wildman–Crippen LogP) is 3.08. The summed E-state index contributed by atoms with van der Waals surface area (Å²) < 4.78 is 0. The first-order valence-corrected chi connectivity index (χ1v) is 11.8. The van der Waals surface area contributed by atoms with E-state index in [2.05, 4.69) is 19.2 Å². The minimum atomic E-state index is -0.844. The van der Waals surface area contributed by atoms with Gasteiger partial charge in [-0.15, -0.1) is 0 Å². The zero-order valence-corrected chi connectivity index (χ0v) is 18.3. The van der Waals surface area contributed by atoms with E-state index in [1.54, 1.807) is 0 Å². The van der Waals surface area contributed by atoms with E-state index in [1.165, 1.54) is 24.2 Å². The molecular formula is C23H35N3O4. The highest BCUT2D eigenvalue weighted by Crippen LogP contribution is 2.58. The van der Waals surface area contributed by atoms with Crippen LogP contribution < -0.4 is 5.32 Å². The van der Waals surface area contributed by atoms with E-state index in [4.69, 9.17) is 0 Å². The highest BCUT2D eigenvalue weighted by Gasteiger charge is 2.61. The lowest BCUT2D eigenvalue weighted by Gasteiger charge is -2.58. The Morgan fingerprint density at radius 1 is 1.03 bits per heavy atom. The molecule has 4 bridgehead atoms. The lowest BCUT2D eigenvalue weighted by molar-refractivity contribution is -0.150. The second-order valence-corrected chi connectivity index (χ2v) is 10.2. The highest BCUT2D eigenvalue weighted by molar-refractivity contribution is 6.45. The van der Waals surface area contributed by atoms with Crippen molar-refractivity contribution in [1.29, 1.82) is 0 Å². The van der Waals surface area contributed by atoms with Crippen molar-refractivity contribution in [2.24, 2.45) is 23.7 Å². The summed E-state index contributed by atoms with van der Waals surface area (Å²) in [5, 5.41) is 2.86. The number of nitrogens with zero attached hydrogens (tertiary/aromatic N) is 2. The minimum absolute atomic E-state index is 0.365. The molecule has 0 radical (unpaired) electrons. The van der Waals surface area contributed by atoms with Crippen molar-refractivity contribution >= 4 is 23.8 Å². The van der Waals surface area contributed by atoms with Crippen molar-refractivity contribution in [2.45, 2.75) is 83.6 Å². The van der Waals surface area contributed by atoms with Crippen LogP contribution in [0.3, 0.4) is 0 Å². The number of hydrogen-bond acceptors (Lipinski definition) is 4. The molecule has 5 fully saturated rings. The maximum absolute atomic E-state index is 13.1. The van der Waals surface area contributed by atoms with Gasteiger partial charge in [0.2, 0.25) is 5.91 Å². The smallest absolute Gasteiger partial charge is 0.335 e. The fraction of sp³-hybridized carbons (Fsp3) is 0.826. The molecule has 1 atom stereocenters. The number of nitrogens with one attached hydrogen (secondary N) is 1. The van der Waals surface area contributed by atoms with E-state index >= 15 is 0 Å². The molecule has 0 aromatic heterocycles. The van der Waals surface area contributed by atoms with Crippen LogP contribution in [0.5, 0.6) is 0 Å². The van der Waals surface area contributed by atoms with Gasteiger partial charge in [-0.3, -0.25) is 14.4 Å². The second-order valence-electron chi connectivity index (χ2n) is 10.2. The predicted molar refractivity (Wildman–Crippen MR) is 111 cm³/mol. The van der Waals surface area contributed by atoms with Crippen molar-refractivity contribution in [3.8, 4) is 0 Å². The van der Waals surface area contributed by atoms with Gasteiger partial charge in [0.15, 0.2) is 0 Å². The fourth-order valence-corrected chi connectivity index (χ4v) is 6.80. The van der Waals surface area contributed by atoms with Crippen LogP contribution in [0.15, 0.2) is 0 Å². The molecule has 4 saturated carbocycles. The van der Waals surface area contributed by atoms with Gasteiger partial charge in [-0.2, -0.15) is 0 Å². The molecule has 7 heteroatoms. The number of urea groups is 1. The first-order chi connectivity index (χ1) is 14.4. The summed E-state index contributed by atoms with van der Waals surface area (Å²) in [6.07, 6.45) is 10.3. The first kappa shape index (κ1) is 21.3. The van der Waals surface area contributed by atoms with Gasteiger partial charge in [-0.25, -0.2) is 14.6 Å². The summed E-state index contributed by atoms with van der Waals surface area (Å²) in [6.45, 7) is 4.42. The van der Waals surface area contributed by atoms with Gasteiger partial charge in [0, 0.05) is 6.54 Å². The van der Waals surface area contributed by atoms with Crippen molar-refractivity contribution in [1.82, 2.24) is 15.1 Å². The molecule has 5 aliphatic rings. The van der Waals surface area contributed by atoms with E-state index in [1.807, 2.05) is 0 Å². The molecule has 5 amide bonds. The molecular weight excluding hydrogens is 382 g/mol. The van der Waals surface area contributed by atoms with Gasteiger partial charge < -0.3 is 5.32 Å². The Balaban J connectivity index is 1.40. The monoisotopic (exact) mass is 417 g/mol. The number of unbranched alkanes of at least 4 members (excludes halogenated alkanes) is 1. The number of amides is 5. The average Bonchev–Trinajstić information content (AvgIpc) is 2.90. The average molecular weight is 418 g/mol. The van der Waals surface area contributed by atoms with Gasteiger partial charge in [-0.1, -0.05) is 33.1 Å². The summed E-state index contributed by atoms with van der Waals surface area (Å²) in [6, 6.07) is -0.583. The van der Waals surface area contributed by atoms with Crippen LogP contribution in [-0.4, -0.2) is 52.2 Å². The SMILES string of the molecule is CCCC[C@@H](CC)CNC(=O)CN1C(=O)C(=O)N(C23CC4CC(CC(C4)C2)C3)C1=O. The largest absolute Gasteiger partial charge is 0.354 e. The Morgan fingerprint density at radius 2 is 1.63 bits per heavy atom. The van der Waals surface area contributed by atoms with Crippen LogP contribution in [0.25, 0.3) is 0 Å². The van der Waals surface area contributed by atoms with Crippen LogP contribution in [-0.2, 0) is 14.4 Å². The zero-order chi connectivity index (χ0) is 21.5. The van der Waals surface area contributed by atoms with Crippen molar-refractivity contribution in [2.75, 3.05) is 13.1 Å². The summed E-state index contributed by atoms with van der Waals surface area (Å²) in [4.78, 5) is 53.2. The number of imide groups is 2. The third-order valence-electron chi connectivity index (χ3n) is 7.97. The summed E-state index contributed by atoms with van der Waals surface area (Å²) in [5.41, 5.74) is -0.503. The lowest BCUT2D eigenvalue weighted by Crippen LogP contribution is -2.62. The van der Waals surface area contributed by atoms with E-state index in [0.717, 1.165) is 49.8 Å². The summed E-state index contributed by atoms with van der Waals surface area (Å²) >= 11 is 0. The number of rotatable bonds is 9. The molecule has 0 unspecified atom stereocenters. The molecule has 0 spiro atoms. The van der Waals surface area contributed by atoms with E-state index in [0.29, 0.717) is 30.2 Å². The maximum Gasteiger partial charge on any atom is 0.335 e. The Hall–Kier alpha value is -1.92. The maximum atomic E-state index is 13.1. The molecule has 0 aromatic carbocycles. The molecule has 1 heterocycles. The Morgan fingerprint density at radius 3 is 2.17 bits per heavy atom. The molecule has 1 saturated heterocycles. The van der Waals surface area contributed by atoms with Crippen LogP contribution in [0, 0.1) is 23.7 Å². The van der Waals surface area contributed by atoms with Gasteiger partial charge in [0.1, 0.15) is 6.54 Å². The van der Waals surface area contributed by atoms with Gasteiger partial charge in [0.05, 0.1) is 5.54 Å². The van der Waals surface area contributed by atoms with E-state index in [-0.39, 0.29) is 12.5 Å². The molecule has 4 aliphatic carbocycles. The normalized spacial score (nSPS) is 33.5. The number of carbonyl (C=O) groups excluding carboxylic acids is 4. The van der Waals surface area contributed by atoms with Gasteiger partial charge in [-0.05, 0) is 68.6 Å². The first-order valence-electron chi connectivity index (χ1n) is 11.8. The quantitative estimate of drug-likeness (QED) is 0.461. The molecule has 30 heavy (non-hydrogen) atoms. The molecule has 1 aliphatic heterocycles. The third-order valence-corrected chi connectivity index (χ3v) is 7.97. The van der Waals surface area contributed by atoms with Gasteiger partial charge in [0.25, 0.3) is 0 Å². The Kier molecular flexibility index (Phi) is 5.90. The standard InChI is InChI=1S/C23H35N3O4/c1-3-5-6-15(4-2)13-24-19(27)14-25-20(28)21(29)26(22(25)30)23-10-16-7-17(11-23)9-18(8-16)12-23/h15-18H,3-14H2,1-2H3,(H,24,27)/t15-,16?,17?,18?,23?/m1/s1. The van der Waals surface area contributed by atoms with Crippen LogP contribution in [0.1, 0.15) is 78.1 Å². The molecule has 0 aromatic rings. The topological polar surface area (TPSA) is 86.8 Å². The molecule has 166 valence electrons. The third kappa shape index (κ3) is 3.76. The fourth-order valence-electron chi connectivity index (χ4n) is 6.80. The zero-order valence-electron chi connectivity index (χ0n) is 18.3. The summed E-state index contributed by atoms with van der Waals surface area (Å²) in [5.74, 6) is 0.110. The number of carbonyl (C=O) groups is 4. The van der Waals surface area contributed by atoms with Crippen LogP contribution in [0.4, 0.5) is 4.79 Å². The highest BCUT2D eigenvalue weighted by atomic mass is 16.2. The van der Waals surface area contributed by atoms with Crippen molar-refractivity contribution in [3.05, 3.63) is 0 Å². The number of hydrogen-bond donors (Lipinski definition) is 1. The second kappa shape index (κ2) is 8.31. The van der Waals surface area contributed by atoms with Crippen molar-refractivity contribution in [3.63, 3.8) is 0 Å². The molecule has 5 rings (SSSR count). The Labute approximate surface area is 178 Å².